The first-order chi connectivity index (χ1) is 12.2. The van der Waals surface area contributed by atoms with Crippen molar-refractivity contribution in [3.8, 4) is 0 Å². The van der Waals surface area contributed by atoms with E-state index in [4.69, 9.17) is 4.74 Å². The topological polar surface area (TPSA) is 49.8 Å². The molecule has 3 fully saturated rings. The van der Waals surface area contributed by atoms with Crippen LogP contribution in [0.15, 0.2) is 30.3 Å². The quantitative estimate of drug-likeness (QED) is 0.898. The summed E-state index contributed by atoms with van der Waals surface area (Å²) in [5, 5.41) is 11.6. The van der Waals surface area contributed by atoms with Crippen LogP contribution < -0.4 is 0 Å². The van der Waals surface area contributed by atoms with Crippen LogP contribution in [0.3, 0.4) is 0 Å². The fraction of sp³-hybridized carbons (Fsp3) is 0.667. The van der Waals surface area contributed by atoms with Gasteiger partial charge in [0.25, 0.3) is 0 Å². The number of fused-ring (bicyclic) bond motifs is 1. The molecule has 0 bridgehead atoms. The Balaban J connectivity index is 1.59. The molecule has 1 aromatic carbocycles. The Labute approximate surface area is 150 Å². The molecule has 1 amide bonds. The Bertz CT molecular complexity index is 598. The average Bonchev–Trinajstić information content (AvgIpc) is 2.69. The Kier molecular flexibility index (Phi) is 4.83. The molecule has 0 spiro atoms. The SMILES string of the molecule is O=C(C1CCOCC1)N1CC[C@](O)(c2ccccc2)[C@@H]2CCCC[C@H]21. The van der Waals surface area contributed by atoms with Crippen LogP contribution in [-0.4, -0.2) is 41.7 Å². The second kappa shape index (κ2) is 7.08. The number of benzene rings is 1. The minimum Gasteiger partial charge on any atom is -0.385 e. The third kappa shape index (κ3) is 3.11. The molecule has 25 heavy (non-hydrogen) atoms. The fourth-order valence-electron chi connectivity index (χ4n) is 5.22. The number of carbonyl (C=O) groups excluding carboxylic acids is 1. The molecule has 4 rings (SSSR count). The van der Waals surface area contributed by atoms with Gasteiger partial charge in [0.05, 0.1) is 5.60 Å². The summed E-state index contributed by atoms with van der Waals surface area (Å²) in [4.78, 5) is 15.3. The van der Waals surface area contributed by atoms with Gasteiger partial charge in [0.15, 0.2) is 0 Å². The van der Waals surface area contributed by atoms with E-state index in [2.05, 4.69) is 4.90 Å². The van der Waals surface area contributed by atoms with Crippen LogP contribution in [0, 0.1) is 11.8 Å². The number of rotatable bonds is 2. The third-order valence-corrected chi connectivity index (χ3v) is 6.60. The van der Waals surface area contributed by atoms with Gasteiger partial charge < -0.3 is 14.7 Å². The van der Waals surface area contributed by atoms with Crippen molar-refractivity contribution in [2.75, 3.05) is 19.8 Å². The van der Waals surface area contributed by atoms with E-state index < -0.39 is 5.60 Å². The zero-order valence-electron chi connectivity index (χ0n) is 14.9. The molecule has 4 heteroatoms. The first-order valence-electron chi connectivity index (χ1n) is 9.86. The highest BCUT2D eigenvalue weighted by atomic mass is 16.5. The molecule has 2 saturated heterocycles. The number of aliphatic hydroxyl groups is 1. The molecule has 136 valence electrons. The van der Waals surface area contributed by atoms with Gasteiger partial charge in [0, 0.05) is 37.6 Å². The van der Waals surface area contributed by atoms with Crippen LogP contribution >= 0.6 is 0 Å². The summed E-state index contributed by atoms with van der Waals surface area (Å²) in [7, 11) is 0. The molecule has 2 aliphatic heterocycles. The summed E-state index contributed by atoms with van der Waals surface area (Å²) in [5.74, 6) is 0.566. The van der Waals surface area contributed by atoms with Gasteiger partial charge in [0.1, 0.15) is 0 Å². The fourth-order valence-corrected chi connectivity index (χ4v) is 5.22. The molecule has 0 aromatic heterocycles. The van der Waals surface area contributed by atoms with Crippen molar-refractivity contribution >= 4 is 5.91 Å². The van der Waals surface area contributed by atoms with E-state index in [0.717, 1.165) is 44.1 Å². The van der Waals surface area contributed by atoms with Crippen molar-refractivity contribution in [3.63, 3.8) is 0 Å². The van der Waals surface area contributed by atoms with Gasteiger partial charge in [0.2, 0.25) is 5.91 Å². The molecule has 4 nitrogen and oxygen atoms in total. The van der Waals surface area contributed by atoms with Crippen LogP contribution in [0.25, 0.3) is 0 Å². The molecule has 1 aliphatic carbocycles. The standard InChI is InChI=1S/C21H29NO3/c23-20(16-10-14-25-15-11-16)22-13-12-21(24,17-6-2-1-3-7-17)18-8-4-5-9-19(18)22/h1-3,6-7,16,18-19,24H,4-5,8-15H2/t18-,19-,21+/m1/s1. The van der Waals surface area contributed by atoms with Crippen molar-refractivity contribution in [3.05, 3.63) is 35.9 Å². The number of hydrogen-bond donors (Lipinski definition) is 1. The monoisotopic (exact) mass is 343 g/mol. The largest absolute Gasteiger partial charge is 0.385 e. The molecule has 3 aliphatic rings. The van der Waals surface area contributed by atoms with Crippen molar-refractivity contribution in [2.45, 2.75) is 56.6 Å². The van der Waals surface area contributed by atoms with Crippen LogP contribution in [-0.2, 0) is 15.1 Å². The van der Waals surface area contributed by atoms with E-state index in [1.165, 1.54) is 0 Å². The highest BCUT2D eigenvalue weighted by Crippen LogP contribution is 2.47. The molecule has 0 unspecified atom stereocenters. The third-order valence-electron chi connectivity index (χ3n) is 6.60. The van der Waals surface area contributed by atoms with E-state index in [-0.39, 0.29) is 17.9 Å². The van der Waals surface area contributed by atoms with Crippen LogP contribution in [0.4, 0.5) is 0 Å². The summed E-state index contributed by atoms with van der Waals surface area (Å²) < 4.78 is 5.42. The molecular formula is C21H29NO3. The summed E-state index contributed by atoms with van der Waals surface area (Å²) in [6, 6.07) is 10.3. The Morgan fingerprint density at radius 2 is 1.80 bits per heavy atom. The van der Waals surface area contributed by atoms with E-state index in [9.17, 15) is 9.90 Å². The summed E-state index contributed by atoms with van der Waals surface area (Å²) in [6.45, 7) is 2.07. The normalized spacial score (nSPS) is 33.7. The molecule has 1 aromatic rings. The highest BCUT2D eigenvalue weighted by Gasteiger charge is 2.50. The van der Waals surface area contributed by atoms with Gasteiger partial charge in [-0.05, 0) is 37.7 Å². The summed E-state index contributed by atoms with van der Waals surface area (Å²) >= 11 is 0. The van der Waals surface area contributed by atoms with E-state index in [1.54, 1.807) is 0 Å². The Hall–Kier alpha value is -1.39. The maximum atomic E-state index is 13.1. The maximum Gasteiger partial charge on any atom is 0.226 e. The Morgan fingerprint density at radius 3 is 2.56 bits per heavy atom. The number of hydrogen-bond acceptors (Lipinski definition) is 3. The lowest BCUT2D eigenvalue weighted by Crippen LogP contribution is -2.60. The smallest absolute Gasteiger partial charge is 0.226 e. The molecule has 2 heterocycles. The second-order valence-electron chi connectivity index (χ2n) is 7.92. The van der Waals surface area contributed by atoms with Gasteiger partial charge in [-0.15, -0.1) is 0 Å². The van der Waals surface area contributed by atoms with Gasteiger partial charge in [-0.25, -0.2) is 0 Å². The van der Waals surface area contributed by atoms with Gasteiger partial charge in [-0.3, -0.25) is 4.79 Å². The number of carbonyl (C=O) groups is 1. The summed E-state index contributed by atoms with van der Waals surface area (Å²) in [6.07, 6.45) is 6.67. The number of likely N-dealkylation sites (tertiary alicyclic amines) is 1. The van der Waals surface area contributed by atoms with Crippen molar-refractivity contribution in [1.82, 2.24) is 4.90 Å². The molecule has 1 N–H and O–H groups in total. The minimum absolute atomic E-state index is 0.110. The van der Waals surface area contributed by atoms with Crippen LogP contribution in [0.5, 0.6) is 0 Å². The number of nitrogens with zero attached hydrogens (tertiary/aromatic N) is 1. The predicted octanol–water partition coefficient (Wildman–Crippen LogP) is 3.09. The number of amides is 1. The summed E-state index contributed by atoms with van der Waals surface area (Å²) in [5.41, 5.74) is 0.226. The predicted molar refractivity (Wildman–Crippen MR) is 96.0 cm³/mol. The molecule has 0 radical (unpaired) electrons. The van der Waals surface area contributed by atoms with Crippen molar-refractivity contribution in [1.29, 1.82) is 0 Å². The van der Waals surface area contributed by atoms with Crippen LogP contribution in [0.1, 0.15) is 50.5 Å². The maximum absolute atomic E-state index is 13.1. The zero-order valence-corrected chi connectivity index (χ0v) is 14.9. The highest BCUT2D eigenvalue weighted by molar-refractivity contribution is 5.79. The zero-order chi connectivity index (χ0) is 17.3. The van der Waals surface area contributed by atoms with E-state index in [1.807, 2.05) is 30.3 Å². The van der Waals surface area contributed by atoms with Gasteiger partial charge in [-0.1, -0.05) is 43.2 Å². The van der Waals surface area contributed by atoms with E-state index in [0.29, 0.717) is 32.1 Å². The first kappa shape index (κ1) is 17.0. The van der Waals surface area contributed by atoms with Gasteiger partial charge >= 0.3 is 0 Å². The second-order valence-corrected chi connectivity index (χ2v) is 7.92. The van der Waals surface area contributed by atoms with Crippen molar-refractivity contribution in [2.24, 2.45) is 11.8 Å². The average molecular weight is 343 g/mol. The van der Waals surface area contributed by atoms with Crippen molar-refractivity contribution < 1.29 is 14.6 Å². The van der Waals surface area contributed by atoms with Crippen LogP contribution in [0.2, 0.25) is 0 Å². The molecular weight excluding hydrogens is 314 g/mol. The van der Waals surface area contributed by atoms with Gasteiger partial charge in [-0.2, -0.15) is 0 Å². The number of ether oxygens (including phenoxy) is 1. The lowest BCUT2D eigenvalue weighted by Gasteiger charge is -2.53. The lowest BCUT2D eigenvalue weighted by atomic mass is 9.66. The number of piperidine rings is 1. The Morgan fingerprint density at radius 1 is 1.08 bits per heavy atom. The molecule has 1 saturated carbocycles. The molecule has 3 atom stereocenters. The lowest BCUT2D eigenvalue weighted by molar-refractivity contribution is -0.161. The van der Waals surface area contributed by atoms with E-state index >= 15 is 0 Å². The minimum atomic E-state index is -0.793. The first-order valence-corrected chi connectivity index (χ1v) is 9.86.